The summed E-state index contributed by atoms with van der Waals surface area (Å²) in [4.78, 5) is 2.27. The van der Waals surface area contributed by atoms with Crippen molar-refractivity contribution in [2.75, 3.05) is 23.7 Å². The molecule has 0 radical (unpaired) electrons. The highest BCUT2D eigenvalue weighted by Gasteiger charge is 2.23. The van der Waals surface area contributed by atoms with Crippen LogP contribution in [0.4, 0.5) is 5.82 Å². The lowest BCUT2D eigenvalue weighted by Crippen LogP contribution is -2.21. The van der Waals surface area contributed by atoms with E-state index in [1.165, 1.54) is 12.2 Å². The van der Waals surface area contributed by atoms with E-state index in [1.54, 1.807) is 6.07 Å². The molecule has 0 aromatic carbocycles. The predicted octanol–water partition coefficient (Wildman–Crippen LogP) is 2.46. The van der Waals surface area contributed by atoms with Gasteiger partial charge in [-0.05, 0) is 24.3 Å². The van der Waals surface area contributed by atoms with Crippen molar-refractivity contribution in [1.29, 1.82) is 0 Å². The number of hydrogen-bond acceptors (Lipinski definition) is 4. The van der Waals surface area contributed by atoms with Crippen molar-refractivity contribution in [3.8, 4) is 0 Å². The van der Waals surface area contributed by atoms with E-state index in [4.69, 9.17) is 11.6 Å². The maximum absolute atomic E-state index is 5.70. The van der Waals surface area contributed by atoms with Crippen LogP contribution >= 0.6 is 23.4 Å². The number of thioether (sulfide) groups is 1. The van der Waals surface area contributed by atoms with Crippen molar-refractivity contribution >= 4 is 29.2 Å². The van der Waals surface area contributed by atoms with E-state index >= 15 is 0 Å². The summed E-state index contributed by atoms with van der Waals surface area (Å²) in [6.45, 7) is 4.36. The molecule has 1 atom stereocenters. The quantitative estimate of drug-likeness (QED) is 0.816. The number of rotatable bonds is 3. The SMILES string of the molecule is CCSC1CCN(c2ccc(Cl)nn2)C1. The number of hydrogen-bond donors (Lipinski definition) is 0. The molecule has 0 bridgehead atoms. The first kappa shape index (κ1) is 11.0. The molecular formula is C10H14ClN3S. The zero-order valence-corrected chi connectivity index (χ0v) is 10.3. The highest BCUT2D eigenvalue weighted by Crippen LogP contribution is 2.25. The molecule has 1 aromatic heterocycles. The van der Waals surface area contributed by atoms with Gasteiger partial charge in [-0.1, -0.05) is 18.5 Å². The molecule has 0 spiro atoms. The van der Waals surface area contributed by atoms with Gasteiger partial charge in [0.1, 0.15) is 0 Å². The molecule has 0 saturated carbocycles. The topological polar surface area (TPSA) is 29.0 Å². The summed E-state index contributed by atoms with van der Waals surface area (Å²) in [6, 6.07) is 3.73. The number of anilines is 1. The van der Waals surface area contributed by atoms with Gasteiger partial charge in [-0.2, -0.15) is 11.8 Å². The molecule has 0 amide bonds. The number of nitrogens with zero attached hydrogens (tertiary/aromatic N) is 3. The van der Waals surface area contributed by atoms with E-state index in [9.17, 15) is 0 Å². The van der Waals surface area contributed by atoms with Gasteiger partial charge in [0.2, 0.25) is 0 Å². The van der Waals surface area contributed by atoms with Gasteiger partial charge in [0.15, 0.2) is 11.0 Å². The molecular weight excluding hydrogens is 230 g/mol. The molecule has 5 heteroatoms. The van der Waals surface area contributed by atoms with Crippen molar-refractivity contribution in [2.45, 2.75) is 18.6 Å². The molecule has 15 heavy (non-hydrogen) atoms. The molecule has 0 aliphatic carbocycles. The number of aromatic nitrogens is 2. The van der Waals surface area contributed by atoms with Crippen LogP contribution in [0.1, 0.15) is 13.3 Å². The monoisotopic (exact) mass is 243 g/mol. The molecule has 1 unspecified atom stereocenters. The van der Waals surface area contributed by atoms with Gasteiger partial charge in [0.25, 0.3) is 0 Å². The Hall–Kier alpha value is -0.480. The van der Waals surface area contributed by atoms with E-state index in [-0.39, 0.29) is 0 Å². The Morgan fingerprint density at radius 2 is 2.40 bits per heavy atom. The minimum Gasteiger partial charge on any atom is -0.354 e. The fraction of sp³-hybridized carbons (Fsp3) is 0.600. The van der Waals surface area contributed by atoms with Crippen LogP contribution in [0.3, 0.4) is 0 Å². The Balaban J connectivity index is 1.98. The van der Waals surface area contributed by atoms with Crippen molar-refractivity contribution in [2.24, 2.45) is 0 Å². The Labute approximate surface area is 99.2 Å². The maximum atomic E-state index is 5.70. The lowest BCUT2D eigenvalue weighted by Gasteiger charge is -2.16. The molecule has 1 fully saturated rings. The second-order valence-electron chi connectivity index (χ2n) is 3.53. The molecule has 1 saturated heterocycles. The largest absolute Gasteiger partial charge is 0.354 e. The first-order valence-corrected chi connectivity index (χ1v) is 6.58. The van der Waals surface area contributed by atoms with Crippen LogP contribution in [0.15, 0.2) is 12.1 Å². The summed E-state index contributed by atoms with van der Waals surface area (Å²) in [5.74, 6) is 2.13. The fourth-order valence-electron chi connectivity index (χ4n) is 1.79. The summed E-state index contributed by atoms with van der Waals surface area (Å²) >= 11 is 7.73. The molecule has 0 N–H and O–H groups in total. The molecule has 1 aromatic rings. The van der Waals surface area contributed by atoms with Gasteiger partial charge < -0.3 is 4.90 Å². The zero-order valence-electron chi connectivity index (χ0n) is 8.69. The van der Waals surface area contributed by atoms with E-state index in [0.717, 1.165) is 24.2 Å². The second-order valence-corrected chi connectivity index (χ2v) is 5.49. The third-order valence-electron chi connectivity index (χ3n) is 2.49. The van der Waals surface area contributed by atoms with E-state index in [1.807, 2.05) is 17.8 Å². The van der Waals surface area contributed by atoms with Gasteiger partial charge in [0, 0.05) is 18.3 Å². The highest BCUT2D eigenvalue weighted by molar-refractivity contribution is 7.99. The highest BCUT2D eigenvalue weighted by atomic mass is 35.5. The zero-order chi connectivity index (χ0) is 10.7. The van der Waals surface area contributed by atoms with Crippen molar-refractivity contribution < 1.29 is 0 Å². The fourth-order valence-corrected chi connectivity index (χ4v) is 2.92. The molecule has 2 rings (SSSR count). The van der Waals surface area contributed by atoms with E-state index in [0.29, 0.717) is 5.15 Å². The minimum atomic E-state index is 0.456. The Morgan fingerprint density at radius 3 is 3.07 bits per heavy atom. The van der Waals surface area contributed by atoms with Crippen LogP contribution < -0.4 is 4.90 Å². The normalized spacial score (nSPS) is 20.9. The Bertz CT molecular complexity index is 317. The smallest absolute Gasteiger partial charge is 0.151 e. The molecule has 1 aliphatic rings. The number of halogens is 1. The van der Waals surface area contributed by atoms with Crippen LogP contribution in [0.25, 0.3) is 0 Å². The van der Waals surface area contributed by atoms with Crippen molar-refractivity contribution in [3.63, 3.8) is 0 Å². The second kappa shape index (κ2) is 5.03. The molecule has 2 heterocycles. The van der Waals surface area contributed by atoms with Crippen LogP contribution in [0, 0.1) is 0 Å². The standard InChI is InChI=1S/C10H14ClN3S/c1-2-15-8-5-6-14(7-8)10-4-3-9(11)12-13-10/h3-4,8H,2,5-7H2,1H3. The van der Waals surface area contributed by atoms with Crippen LogP contribution in [-0.2, 0) is 0 Å². The van der Waals surface area contributed by atoms with Gasteiger partial charge >= 0.3 is 0 Å². The summed E-state index contributed by atoms with van der Waals surface area (Å²) < 4.78 is 0. The predicted molar refractivity (Wildman–Crippen MR) is 65.8 cm³/mol. The lowest BCUT2D eigenvalue weighted by atomic mass is 10.4. The van der Waals surface area contributed by atoms with E-state index < -0.39 is 0 Å². The maximum Gasteiger partial charge on any atom is 0.151 e. The first-order chi connectivity index (χ1) is 7.29. The molecule has 82 valence electrons. The third-order valence-corrected chi connectivity index (χ3v) is 3.88. The van der Waals surface area contributed by atoms with Crippen molar-refractivity contribution in [1.82, 2.24) is 10.2 Å². The van der Waals surface area contributed by atoms with E-state index in [2.05, 4.69) is 22.0 Å². The molecule has 3 nitrogen and oxygen atoms in total. The average Bonchev–Trinajstić information content (AvgIpc) is 2.68. The van der Waals surface area contributed by atoms with Gasteiger partial charge in [-0.3, -0.25) is 0 Å². The Kier molecular flexibility index (Phi) is 3.70. The van der Waals surface area contributed by atoms with Crippen LogP contribution in [0.5, 0.6) is 0 Å². The van der Waals surface area contributed by atoms with Crippen molar-refractivity contribution in [3.05, 3.63) is 17.3 Å². The summed E-state index contributed by atoms with van der Waals surface area (Å²) in [6.07, 6.45) is 1.24. The minimum absolute atomic E-state index is 0.456. The molecule has 1 aliphatic heterocycles. The summed E-state index contributed by atoms with van der Waals surface area (Å²) in [5, 5.41) is 9.15. The van der Waals surface area contributed by atoms with Gasteiger partial charge in [-0.15, -0.1) is 10.2 Å². The summed E-state index contributed by atoms with van der Waals surface area (Å²) in [5.41, 5.74) is 0. The van der Waals surface area contributed by atoms with Crippen LogP contribution in [-0.4, -0.2) is 34.3 Å². The Morgan fingerprint density at radius 1 is 1.53 bits per heavy atom. The average molecular weight is 244 g/mol. The van der Waals surface area contributed by atoms with Crippen LogP contribution in [0.2, 0.25) is 5.15 Å². The van der Waals surface area contributed by atoms with Gasteiger partial charge in [-0.25, -0.2) is 0 Å². The third kappa shape index (κ3) is 2.75. The summed E-state index contributed by atoms with van der Waals surface area (Å²) in [7, 11) is 0. The lowest BCUT2D eigenvalue weighted by molar-refractivity contribution is 0.894. The first-order valence-electron chi connectivity index (χ1n) is 5.15. The van der Waals surface area contributed by atoms with Gasteiger partial charge in [0.05, 0.1) is 0 Å².